The average molecular weight is 149 g/mol. The molecule has 0 aromatic heterocycles. The Morgan fingerprint density at radius 2 is 2.27 bits per heavy atom. The summed E-state index contributed by atoms with van der Waals surface area (Å²) in [5.41, 5.74) is 1.30. The smallest absolute Gasteiger partial charge is 0.0362 e. The van der Waals surface area contributed by atoms with Crippen molar-refractivity contribution in [2.24, 2.45) is 0 Å². The van der Waals surface area contributed by atoms with Crippen LogP contribution in [0.25, 0.3) is 0 Å². The molecule has 1 rings (SSSR count). The molecule has 0 amide bonds. The van der Waals surface area contributed by atoms with Crippen molar-refractivity contribution in [3.05, 3.63) is 36.2 Å². The standard InChI is InChI=1S/C10H15N/c1-3-8-11-9-6-5-7-10(11)4-2/h4-7,9H,3,8H2,1-2H3/b10-4+. The Morgan fingerprint density at radius 3 is 2.91 bits per heavy atom. The summed E-state index contributed by atoms with van der Waals surface area (Å²) in [5.74, 6) is 0. The molecule has 11 heavy (non-hydrogen) atoms. The molecule has 1 heteroatoms. The minimum atomic E-state index is 1.11. The molecule has 0 aliphatic carbocycles. The maximum atomic E-state index is 2.26. The van der Waals surface area contributed by atoms with Crippen LogP contribution in [0.2, 0.25) is 0 Å². The lowest BCUT2D eigenvalue weighted by Crippen LogP contribution is -2.17. The van der Waals surface area contributed by atoms with Gasteiger partial charge in [0.1, 0.15) is 0 Å². The lowest BCUT2D eigenvalue weighted by molar-refractivity contribution is 0.471. The molecule has 0 N–H and O–H groups in total. The first kappa shape index (κ1) is 8.12. The zero-order chi connectivity index (χ0) is 8.10. The summed E-state index contributed by atoms with van der Waals surface area (Å²) >= 11 is 0. The van der Waals surface area contributed by atoms with Gasteiger partial charge >= 0.3 is 0 Å². The first-order valence-electron chi connectivity index (χ1n) is 4.16. The largest absolute Gasteiger partial charge is 0.348 e. The monoisotopic (exact) mass is 149 g/mol. The zero-order valence-corrected chi connectivity index (χ0v) is 7.25. The van der Waals surface area contributed by atoms with Crippen molar-refractivity contribution in [3.63, 3.8) is 0 Å². The Hall–Kier alpha value is -0.980. The molecular weight excluding hydrogens is 134 g/mol. The molecule has 0 saturated carbocycles. The summed E-state index contributed by atoms with van der Waals surface area (Å²) in [5, 5.41) is 0. The maximum Gasteiger partial charge on any atom is 0.0362 e. The molecule has 1 aliphatic heterocycles. The Kier molecular flexibility index (Phi) is 2.96. The van der Waals surface area contributed by atoms with Crippen molar-refractivity contribution in [1.82, 2.24) is 4.90 Å². The molecule has 0 fully saturated rings. The van der Waals surface area contributed by atoms with Crippen LogP contribution in [0.4, 0.5) is 0 Å². The van der Waals surface area contributed by atoms with E-state index in [1.165, 1.54) is 12.1 Å². The predicted octanol–water partition coefficient (Wildman–Crippen LogP) is 2.69. The molecule has 0 spiro atoms. The third-order valence-electron chi connectivity index (χ3n) is 1.74. The van der Waals surface area contributed by atoms with E-state index in [0.717, 1.165) is 6.54 Å². The van der Waals surface area contributed by atoms with Crippen LogP contribution < -0.4 is 0 Å². The van der Waals surface area contributed by atoms with Gasteiger partial charge < -0.3 is 4.90 Å². The highest BCUT2D eigenvalue weighted by Crippen LogP contribution is 2.11. The molecule has 1 aliphatic rings. The van der Waals surface area contributed by atoms with E-state index in [9.17, 15) is 0 Å². The second-order valence-corrected chi connectivity index (χ2v) is 2.61. The van der Waals surface area contributed by atoms with Crippen LogP contribution >= 0.6 is 0 Å². The summed E-state index contributed by atoms with van der Waals surface area (Å²) in [6, 6.07) is 0. The first-order valence-corrected chi connectivity index (χ1v) is 4.16. The van der Waals surface area contributed by atoms with E-state index in [1.807, 2.05) is 0 Å². The topological polar surface area (TPSA) is 3.24 Å². The fourth-order valence-corrected chi connectivity index (χ4v) is 1.20. The first-order chi connectivity index (χ1) is 5.38. The van der Waals surface area contributed by atoms with E-state index in [1.54, 1.807) is 0 Å². The van der Waals surface area contributed by atoms with Crippen molar-refractivity contribution in [1.29, 1.82) is 0 Å². The summed E-state index contributed by atoms with van der Waals surface area (Å²) in [7, 11) is 0. The Labute approximate surface area is 68.7 Å². The molecule has 0 saturated heterocycles. The van der Waals surface area contributed by atoms with Crippen LogP contribution in [0.5, 0.6) is 0 Å². The van der Waals surface area contributed by atoms with E-state index in [4.69, 9.17) is 0 Å². The molecule has 0 bridgehead atoms. The van der Waals surface area contributed by atoms with Crippen molar-refractivity contribution < 1.29 is 0 Å². The zero-order valence-electron chi connectivity index (χ0n) is 7.25. The molecule has 0 aromatic carbocycles. The van der Waals surface area contributed by atoms with Gasteiger partial charge in [-0.1, -0.05) is 19.1 Å². The van der Waals surface area contributed by atoms with Gasteiger partial charge in [-0.25, -0.2) is 0 Å². The highest BCUT2D eigenvalue weighted by Gasteiger charge is 2.02. The second kappa shape index (κ2) is 4.02. The minimum Gasteiger partial charge on any atom is -0.348 e. The highest BCUT2D eigenvalue weighted by molar-refractivity contribution is 5.27. The van der Waals surface area contributed by atoms with Crippen LogP contribution in [-0.2, 0) is 0 Å². The van der Waals surface area contributed by atoms with Gasteiger partial charge in [-0.15, -0.1) is 0 Å². The van der Waals surface area contributed by atoms with Gasteiger partial charge in [-0.2, -0.15) is 0 Å². The molecule has 0 radical (unpaired) electrons. The SMILES string of the molecule is C/C=C1\C=CC=CN1CCC. The Bertz CT molecular complexity index is 199. The van der Waals surface area contributed by atoms with E-state index < -0.39 is 0 Å². The fraction of sp³-hybridized carbons (Fsp3) is 0.400. The van der Waals surface area contributed by atoms with E-state index >= 15 is 0 Å². The van der Waals surface area contributed by atoms with Crippen LogP contribution in [-0.4, -0.2) is 11.4 Å². The fourth-order valence-electron chi connectivity index (χ4n) is 1.20. The van der Waals surface area contributed by atoms with Crippen LogP contribution in [0.1, 0.15) is 20.3 Å². The lowest BCUT2D eigenvalue weighted by atomic mass is 10.2. The molecular formula is C10H15N. The number of allylic oxidation sites excluding steroid dienone is 4. The third-order valence-corrected chi connectivity index (χ3v) is 1.74. The van der Waals surface area contributed by atoms with Gasteiger partial charge in [0, 0.05) is 18.4 Å². The van der Waals surface area contributed by atoms with Crippen LogP contribution in [0.3, 0.4) is 0 Å². The van der Waals surface area contributed by atoms with Crippen LogP contribution in [0.15, 0.2) is 36.2 Å². The quantitative estimate of drug-likeness (QED) is 0.583. The summed E-state index contributed by atoms with van der Waals surface area (Å²) in [4.78, 5) is 2.26. The molecule has 0 atom stereocenters. The molecule has 0 unspecified atom stereocenters. The number of hydrogen-bond donors (Lipinski definition) is 0. The number of rotatable bonds is 2. The second-order valence-electron chi connectivity index (χ2n) is 2.61. The molecule has 0 aromatic rings. The van der Waals surface area contributed by atoms with E-state index in [0.29, 0.717) is 0 Å². The Morgan fingerprint density at radius 1 is 1.45 bits per heavy atom. The molecule has 1 heterocycles. The normalized spacial score (nSPS) is 19.8. The van der Waals surface area contributed by atoms with E-state index in [2.05, 4.69) is 49.3 Å². The highest BCUT2D eigenvalue weighted by atomic mass is 15.1. The summed E-state index contributed by atoms with van der Waals surface area (Å²) < 4.78 is 0. The van der Waals surface area contributed by atoms with Crippen molar-refractivity contribution in [2.45, 2.75) is 20.3 Å². The van der Waals surface area contributed by atoms with Gasteiger partial charge in [0.05, 0.1) is 0 Å². The van der Waals surface area contributed by atoms with Gasteiger partial charge in [-0.3, -0.25) is 0 Å². The summed E-state index contributed by atoms with van der Waals surface area (Å²) in [6.45, 7) is 5.38. The summed E-state index contributed by atoms with van der Waals surface area (Å²) in [6.07, 6.45) is 11.7. The van der Waals surface area contributed by atoms with E-state index in [-0.39, 0.29) is 0 Å². The molecule has 60 valence electrons. The van der Waals surface area contributed by atoms with Gasteiger partial charge in [0.15, 0.2) is 0 Å². The Balaban J connectivity index is 2.63. The van der Waals surface area contributed by atoms with Gasteiger partial charge in [-0.05, 0) is 25.5 Å². The predicted molar refractivity (Wildman–Crippen MR) is 49.0 cm³/mol. The number of hydrogen-bond acceptors (Lipinski definition) is 1. The van der Waals surface area contributed by atoms with Crippen LogP contribution in [0, 0.1) is 0 Å². The third kappa shape index (κ3) is 1.97. The van der Waals surface area contributed by atoms with Gasteiger partial charge in [0.2, 0.25) is 0 Å². The average Bonchev–Trinajstić information content (AvgIpc) is 2.06. The lowest BCUT2D eigenvalue weighted by Gasteiger charge is -2.22. The van der Waals surface area contributed by atoms with Crippen molar-refractivity contribution >= 4 is 0 Å². The van der Waals surface area contributed by atoms with Crippen molar-refractivity contribution in [3.8, 4) is 0 Å². The van der Waals surface area contributed by atoms with Gasteiger partial charge in [0.25, 0.3) is 0 Å². The minimum absolute atomic E-state index is 1.11. The maximum absolute atomic E-state index is 2.26. The van der Waals surface area contributed by atoms with Crippen molar-refractivity contribution in [2.75, 3.05) is 6.54 Å². The number of nitrogens with zero attached hydrogens (tertiary/aromatic N) is 1. The molecule has 1 nitrogen and oxygen atoms in total.